The molecule has 2 aromatic carbocycles. The zero-order valence-electron chi connectivity index (χ0n) is 14.4. The minimum atomic E-state index is 0.231. The molecule has 1 aliphatic rings. The van der Waals surface area contributed by atoms with Crippen molar-refractivity contribution in [2.45, 2.75) is 24.9 Å². The van der Waals surface area contributed by atoms with Crippen molar-refractivity contribution < 1.29 is 9.47 Å². The van der Waals surface area contributed by atoms with Crippen LogP contribution in [0.2, 0.25) is 0 Å². The van der Waals surface area contributed by atoms with Crippen LogP contribution in [0.5, 0.6) is 11.5 Å². The molecule has 1 fully saturated rings. The van der Waals surface area contributed by atoms with Gasteiger partial charge in [-0.25, -0.2) is 0 Å². The van der Waals surface area contributed by atoms with Gasteiger partial charge in [-0.1, -0.05) is 24.3 Å². The summed E-state index contributed by atoms with van der Waals surface area (Å²) in [6, 6.07) is 17.3. The van der Waals surface area contributed by atoms with E-state index in [4.69, 9.17) is 15.2 Å². The van der Waals surface area contributed by atoms with Crippen LogP contribution in [0, 0.1) is 0 Å². The molecule has 2 N–H and O–H groups in total. The van der Waals surface area contributed by atoms with Gasteiger partial charge in [0.05, 0.1) is 20.3 Å². The predicted molar refractivity (Wildman–Crippen MR) is 96.6 cm³/mol. The normalized spacial score (nSPS) is 16.3. The number of nitrogens with zero attached hydrogens (tertiary/aromatic N) is 1. The van der Waals surface area contributed by atoms with Crippen LogP contribution in [-0.2, 0) is 0 Å². The largest absolute Gasteiger partial charge is 0.497 e. The van der Waals surface area contributed by atoms with Crippen molar-refractivity contribution >= 4 is 0 Å². The second kappa shape index (κ2) is 7.69. The van der Waals surface area contributed by atoms with Crippen molar-refractivity contribution in [1.82, 2.24) is 4.90 Å². The lowest BCUT2D eigenvalue weighted by Crippen LogP contribution is -2.41. The molecule has 0 saturated carbocycles. The summed E-state index contributed by atoms with van der Waals surface area (Å²) in [5.74, 6) is 1.76. The Morgan fingerprint density at radius 2 is 1.25 bits per heavy atom. The number of rotatable bonds is 5. The smallest absolute Gasteiger partial charge is 0.118 e. The van der Waals surface area contributed by atoms with Crippen molar-refractivity contribution in [1.29, 1.82) is 0 Å². The number of hydrogen-bond acceptors (Lipinski definition) is 4. The van der Waals surface area contributed by atoms with E-state index in [1.54, 1.807) is 14.2 Å². The van der Waals surface area contributed by atoms with Gasteiger partial charge in [0.25, 0.3) is 0 Å². The molecule has 0 bridgehead atoms. The van der Waals surface area contributed by atoms with Gasteiger partial charge in [-0.05, 0) is 48.2 Å². The first-order chi connectivity index (χ1) is 11.7. The molecular formula is C20H26N2O2. The van der Waals surface area contributed by atoms with Gasteiger partial charge in [0.1, 0.15) is 11.5 Å². The first-order valence-electron chi connectivity index (χ1n) is 8.49. The molecule has 0 amide bonds. The summed E-state index contributed by atoms with van der Waals surface area (Å²) in [4.78, 5) is 2.52. The van der Waals surface area contributed by atoms with Gasteiger partial charge in [-0.3, -0.25) is 4.90 Å². The Labute approximate surface area is 144 Å². The summed E-state index contributed by atoms with van der Waals surface area (Å²) in [6.07, 6.45) is 2.09. The number of benzene rings is 2. The zero-order chi connectivity index (χ0) is 16.9. The van der Waals surface area contributed by atoms with E-state index in [1.165, 1.54) is 11.1 Å². The summed E-state index contributed by atoms with van der Waals surface area (Å²) in [7, 11) is 3.39. The Bertz CT molecular complexity index is 584. The van der Waals surface area contributed by atoms with E-state index >= 15 is 0 Å². The van der Waals surface area contributed by atoms with Gasteiger partial charge >= 0.3 is 0 Å². The highest BCUT2D eigenvalue weighted by molar-refractivity contribution is 5.38. The average molecular weight is 326 g/mol. The van der Waals surface area contributed by atoms with Gasteiger partial charge in [0.15, 0.2) is 0 Å². The van der Waals surface area contributed by atoms with Crippen molar-refractivity contribution in [2.24, 2.45) is 5.73 Å². The highest BCUT2D eigenvalue weighted by Crippen LogP contribution is 2.32. The van der Waals surface area contributed by atoms with Crippen molar-refractivity contribution in [3.63, 3.8) is 0 Å². The number of likely N-dealkylation sites (tertiary alicyclic amines) is 1. The van der Waals surface area contributed by atoms with E-state index in [0.717, 1.165) is 37.4 Å². The van der Waals surface area contributed by atoms with Crippen LogP contribution < -0.4 is 15.2 Å². The molecule has 0 atom stereocenters. The lowest BCUT2D eigenvalue weighted by Gasteiger charge is -2.37. The zero-order valence-corrected chi connectivity index (χ0v) is 14.4. The molecule has 0 radical (unpaired) electrons. The quantitative estimate of drug-likeness (QED) is 0.916. The van der Waals surface area contributed by atoms with Gasteiger partial charge < -0.3 is 15.2 Å². The molecule has 3 rings (SSSR count). The topological polar surface area (TPSA) is 47.7 Å². The minimum absolute atomic E-state index is 0.231. The van der Waals surface area contributed by atoms with Crippen LogP contribution in [0.25, 0.3) is 0 Å². The first-order valence-corrected chi connectivity index (χ1v) is 8.49. The highest BCUT2D eigenvalue weighted by Gasteiger charge is 2.26. The fraction of sp³-hybridized carbons (Fsp3) is 0.400. The van der Waals surface area contributed by atoms with Crippen LogP contribution in [0.4, 0.5) is 0 Å². The molecule has 24 heavy (non-hydrogen) atoms. The van der Waals surface area contributed by atoms with Crippen molar-refractivity contribution in [3.05, 3.63) is 59.7 Å². The molecule has 2 aromatic rings. The molecular weight excluding hydrogens is 300 g/mol. The number of hydrogen-bond donors (Lipinski definition) is 1. The fourth-order valence-electron chi connectivity index (χ4n) is 3.36. The summed E-state index contributed by atoms with van der Waals surface area (Å²) < 4.78 is 10.6. The van der Waals surface area contributed by atoms with Gasteiger partial charge in [0.2, 0.25) is 0 Å². The third kappa shape index (κ3) is 3.71. The fourth-order valence-corrected chi connectivity index (χ4v) is 3.36. The molecule has 4 heteroatoms. The molecule has 0 unspecified atom stereocenters. The van der Waals surface area contributed by atoms with Gasteiger partial charge in [0, 0.05) is 19.1 Å². The van der Waals surface area contributed by atoms with Crippen LogP contribution in [-0.4, -0.2) is 38.3 Å². The highest BCUT2D eigenvalue weighted by atomic mass is 16.5. The summed E-state index contributed by atoms with van der Waals surface area (Å²) >= 11 is 0. The molecule has 1 saturated heterocycles. The van der Waals surface area contributed by atoms with E-state index in [9.17, 15) is 0 Å². The number of piperidine rings is 1. The first kappa shape index (κ1) is 16.8. The standard InChI is InChI=1S/C20H26N2O2/c1-23-18-7-3-15(4-8-18)20(22-13-11-17(21)12-14-22)16-5-9-19(24-2)10-6-16/h3-10,17,20H,11-14,21H2,1-2H3. The number of methoxy groups -OCH3 is 2. The van der Waals surface area contributed by atoms with Crippen molar-refractivity contribution in [2.75, 3.05) is 27.3 Å². The maximum Gasteiger partial charge on any atom is 0.118 e. The Kier molecular flexibility index (Phi) is 5.38. The van der Waals surface area contributed by atoms with Crippen LogP contribution in [0.3, 0.4) is 0 Å². The van der Waals surface area contributed by atoms with E-state index in [1.807, 2.05) is 24.3 Å². The number of ether oxygens (including phenoxy) is 2. The Balaban J connectivity index is 1.92. The minimum Gasteiger partial charge on any atom is -0.497 e. The maximum absolute atomic E-state index is 6.09. The molecule has 128 valence electrons. The second-order valence-electron chi connectivity index (χ2n) is 6.32. The Hall–Kier alpha value is -2.04. The monoisotopic (exact) mass is 326 g/mol. The van der Waals surface area contributed by atoms with Crippen LogP contribution in [0.1, 0.15) is 30.0 Å². The summed E-state index contributed by atoms with van der Waals surface area (Å²) in [5.41, 5.74) is 8.64. The predicted octanol–water partition coefficient (Wildman–Crippen LogP) is 3.22. The molecule has 1 aliphatic heterocycles. The Morgan fingerprint density at radius 1 is 0.833 bits per heavy atom. The van der Waals surface area contributed by atoms with Gasteiger partial charge in [-0.2, -0.15) is 0 Å². The molecule has 4 nitrogen and oxygen atoms in total. The summed E-state index contributed by atoms with van der Waals surface area (Å²) in [6.45, 7) is 2.04. The maximum atomic E-state index is 6.09. The number of nitrogens with two attached hydrogens (primary N) is 1. The SMILES string of the molecule is COc1ccc(C(c2ccc(OC)cc2)N2CCC(N)CC2)cc1. The molecule has 0 aliphatic carbocycles. The van der Waals surface area contributed by atoms with Gasteiger partial charge in [-0.15, -0.1) is 0 Å². The molecule has 0 aromatic heterocycles. The molecule has 1 heterocycles. The van der Waals surface area contributed by atoms with Crippen LogP contribution >= 0.6 is 0 Å². The van der Waals surface area contributed by atoms with E-state index < -0.39 is 0 Å². The second-order valence-corrected chi connectivity index (χ2v) is 6.32. The van der Waals surface area contributed by atoms with E-state index in [-0.39, 0.29) is 6.04 Å². The summed E-state index contributed by atoms with van der Waals surface area (Å²) in [5, 5.41) is 0. The van der Waals surface area contributed by atoms with Crippen molar-refractivity contribution in [3.8, 4) is 11.5 Å². The third-order valence-electron chi connectivity index (χ3n) is 4.80. The lowest BCUT2D eigenvalue weighted by molar-refractivity contribution is 0.175. The Morgan fingerprint density at radius 3 is 1.62 bits per heavy atom. The van der Waals surface area contributed by atoms with E-state index in [2.05, 4.69) is 29.2 Å². The van der Waals surface area contributed by atoms with E-state index in [0.29, 0.717) is 6.04 Å². The van der Waals surface area contributed by atoms with Crippen LogP contribution in [0.15, 0.2) is 48.5 Å². The lowest BCUT2D eigenvalue weighted by atomic mass is 9.94. The molecule has 0 spiro atoms. The average Bonchev–Trinajstić information content (AvgIpc) is 2.64. The third-order valence-corrected chi connectivity index (χ3v) is 4.80.